The Bertz CT molecular complexity index is 760. The molecule has 25 heavy (non-hydrogen) atoms. The van der Waals surface area contributed by atoms with Crippen molar-refractivity contribution in [2.24, 2.45) is 11.8 Å². The number of rotatable bonds is 2. The molecule has 3 aliphatic carbocycles. The SMILES string of the molecule is CC1CC[C@@]2(O)[C@H]3Cc4ccc(O)c5c4[C@@]2(CCN3CC2CC2)[C@H]1O5. The molecule has 2 aliphatic heterocycles. The molecule has 2 N–H and O–H groups in total. The van der Waals surface area contributed by atoms with Crippen LogP contribution in [0.15, 0.2) is 12.1 Å². The predicted octanol–water partition coefficient (Wildman–Crippen LogP) is 2.59. The molecular weight excluding hydrogens is 314 g/mol. The van der Waals surface area contributed by atoms with Gasteiger partial charge in [0.15, 0.2) is 11.5 Å². The maximum absolute atomic E-state index is 12.1. The van der Waals surface area contributed by atoms with Crippen LogP contribution in [0.5, 0.6) is 11.5 Å². The third-order valence-electron chi connectivity index (χ3n) is 8.06. The highest BCUT2D eigenvalue weighted by atomic mass is 16.5. The third kappa shape index (κ3) is 1.62. The average molecular weight is 341 g/mol. The molecule has 1 aromatic carbocycles. The number of aromatic hydroxyl groups is 1. The first kappa shape index (κ1) is 14.9. The number of phenolic OH excluding ortho intramolecular Hbond substituents is 1. The van der Waals surface area contributed by atoms with Crippen molar-refractivity contribution in [1.82, 2.24) is 4.90 Å². The topological polar surface area (TPSA) is 52.9 Å². The molecule has 0 radical (unpaired) electrons. The Labute approximate surface area is 148 Å². The summed E-state index contributed by atoms with van der Waals surface area (Å²) in [6.07, 6.45) is 6.39. The molecule has 4 nitrogen and oxygen atoms in total. The Hall–Kier alpha value is -1.26. The highest BCUT2D eigenvalue weighted by Gasteiger charge is 2.72. The second-order valence-corrected chi connectivity index (χ2v) is 9.31. The maximum atomic E-state index is 12.1. The van der Waals surface area contributed by atoms with Crippen molar-refractivity contribution in [3.63, 3.8) is 0 Å². The van der Waals surface area contributed by atoms with Crippen LogP contribution in [0.4, 0.5) is 0 Å². The molecule has 1 saturated heterocycles. The van der Waals surface area contributed by atoms with E-state index in [1.165, 1.54) is 18.4 Å². The summed E-state index contributed by atoms with van der Waals surface area (Å²) in [5.74, 6) is 2.17. The molecule has 3 fully saturated rings. The lowest BCUT2D eigenvalue weighted by Gasteiger charge is -2.64. The number of hydrogen-bond donors (Lipinski definition) is 2. The number of nitrogens with zero attached hydrogens (tertiary/aromatic N) is 1. The van der Waals surface area contributed by atoms with Crippen molar-refractivity contribution in [2.45, 2.75) is 68.6 Å². The minimum atomic E-state index is -0.719. The number of likely N-dealkylation sites (tertiary alicyclic amines) is 1. The fraction of sp³-hybridized carbons (Fsp3) is 0.714. The van der Waals surface area contributed by atoms with E-state index < -0.39 is 5.60 Å². The fourth-order valence-corrected chi connectivity index (χ4v) is 6.73. The van der Waals surface area contributed by atoms with Gasteiger partial charge in [0.2, 0.25) is 0 Å². The molecule has 1 spiro atoms. The zero-order valence-electron chi connectivity index (χ0n) is 14.9. The van der Waals surface area contributed by atoms with E-state index in [9.17, 15) is 10.2 Å². The fourth-order valence-electron chi connectivity index (χ4n) is 6.73. The highest BCUT2D eigenvalue weighted by Crippen LogP contribution is 2.66. The minimum absolute atomic E-state index is 0.000764. The Kier molecular flexibility index (Phi) is 2.69. The zero-order valence-corrected chi connectivity index (χ0v) is 14.9. The van der Waals surface area contributed by atoms with Gasteiger partial charge in [-0.3, -0.25) is 4.90 Å². The number of hydrogen-bond acceptors (Lipinski definition) is 4. The Balaban J connectivity index is 1.57. The summed E-state index contributed by atoms with van der Waals surface area (Å²) in [7, 11) is 0. The van der Waals surface area contributed by atoms with Gasteiger partial charge >= 0.3 is 0 Å². The Morgan fingerprint density at radius 3 is 2.88 bits per heavy atom. The molecule has 0 amide bonds. The summed E-state index contributed by atoms with van der Waals surface area (Å²) < 4.78 is 6.39. The highest BCUT2D eigenvalue weighted by molar-refractivity contribution is 5.62. The van der Waals surface area contributed by atoms with Crippen molar-refractivity contribution in [2.75, 3.05) is 13.1 Å². The molecule has 134 valence electrons. The summed E-state index contributed by atoms with van der Waals surface area (Å²) in [6.45, 7) is 4.44. The van der Waals surface area contributed by atoms with E-state index in [1.807, 2.05) is 0 Å². The van der Waals surface area contributed by atoms with Crippen LogP contribution in [0.25, 0.3) is 0 Å². The normalized spacial score (nSPS) is 44.3. The molecule has 1 unspecified atom stereocenters. The van der Waals surface area contributed by atoms with Crippen molar-refractivity contribution in [1.29, 1.82) is 0 Å². The van der Waals surface area contributed by atoms with Crippen molar-refractivity contribution in [3.8, 4) is 11.5 Å². The lowest BCUT2D eigenvalue weighted by molar-refractivity contribution is -0.196. The van der Waals surface area contributed by atoms with Crippen LogP contribution in [-0.2, 0) is 11.8 Å². The van der Waals surface area contributed by atoms with E-state index in [2.05, 4.69) is 17.9 Å². The van der Waals surface area contributed by atoms with Gasteiger partial charge < -0.3 is 14.9 Å². The number of aliphatic hydroxyl groups is 1. The minimum Gasteiger partial charge on any atom is -0.504 e. The number of phenols is 1. The molecule has 6 rings (SSSR count). The molecule has 2 heterocycles. The summed E-state index contributed by atoms with van der Waals surface area (Å²) in [5, 5.41) is 22.6. The van der Waals surface area contributed by atoms with E-state index in [-0.39, 0.29) is 23.3 Å². The van der Waals surface area contributed by atoms with Crippen molar-refractivity contribution in [3.05, 3.63) is 23.3 Å². The van der Waals surface area contributed by atoms with Crippen molar-refractivity contribution < 1.29 is 14.9 Å². The smallest absolute Gasteiger partial charge is 0.165 e. The standard InChI is InChI=1S/C21H27NO3/c1-12-6-7-21(24)16-10-14-4-5-15(23)18-17(14)20(21,19(12)25-18)8-9-22(16)11-13-2-3-13/h4-5,12-13,16,19,23-24H,2-3,6-11H2,1H3/t12?,16-,19+,20+,21-/m1/s1. The number of ether oxygens (including phenoxy) is 1. The lowest BCUT2D eigenvalue weighted by atomic mass is 9.47. The van der Waals surface area contributed by atoms with Gasteiger partial charge in [0, 0.05) is 18.2 Å². The second kappa shape index (κ2) is 4.52. The van der Waals surface area contributed by atoms with Gasteiger partial charge in [-0.2, -0.15) is 0 Å². The summed E-state index contributed by atoms with van der Waals surface area (Å²) in [4.78, 5) is 2.59. The first-order valence-corrected chi connectivity index (χ1v) is 10.0. The van der Waals surface area contributed by atoms with E-state index in [0.29, 0.717) is 11.7 Å². The van der Waals surface area contributed by atoms with Gasteiger partial charge in [0.25, 0.3) is 0 Å². The van der Waals surface area contributed by atoms with E-state index in [1.54, 1.807) is 6.07 Å². The zero-order chi connectivity index (χ0) is 17.0. The summed E-state index contributed by atoms with van der Waals surface area (Å²) in [6, 6.07) is 4.06. The molecule has 5 atom stereocenters. The van der Waals surface area contributed by atoms with Crippen LogP contribution in [0.3, 0.4) is 0 Å². The van der Waals surface area contributed by atoms with Crippen LogP contribution in [0.1, 0.15) is 50.2 Å². The van der Waals surface area contributed by atoms with Gasteiger partial charge in [-0.15, -0.1) is 0 Å². The van der Waals surface area contributed by atoms with Crippen LogP contribution >= 0.6 is 0 Å². The van der Waals surface area contributed by atoms with Gasteiger partial charge in [0.1, 0.15) is 6.10 Å². The molecular formula is C21H27NO3. The number of piperidine rings is 1. The van der Waals surface area contributed by atoms with Gasteiger partial charge in [-0.1, -0.05) is 13.0 Å². The molecule has 0 aromatic heterocycles. The third-order valence-corrected chi connectivity index (χ3v) is 8.06. The van der Waals surface area contributed by atoms with Crippen LogP contribution in [0, 0.1) is 11.8 Å². The molecule has 1 aromatic rings. The molecule has 2 bridgehead atoms. The quantitative estimate of drug-likeness (QED) is 0.868. The Morgan fingerprint density at radius 1 is 1.24 bits per heavy atom. The monoisotopic (exact) mass is 341 g/mol. The van der Waals surface area contributed by atoms with E-state index >= 15 is 0 Å². The summed E-state index contributed by atoms with van der Waals surface area (Å²) in [5.41, 5.74) is 1.40. The maximum Gasteiger partial charge on any atom is 0.165 e. The molecule has 2 saturated carbocycles. The predicted molar refractivity (Wildman–Crippen MR) is 94.0 cm³/mol. The van der Waals surface area contributed by atoms with Gasteiger partial charge in [-0.05, 0) is 68.5 Å². The van der Waals surface area contributed by atoms with Gasteiger partial charge in [0.05, 0.1) is 11.0 Å². The van der Waals surface area contributed by atoms with Crippen molar-refractivity contribution >= 4 is 0 Å². The number of benzene rings is 1. The van der Waals surface area contributed by atoms with Gasteiger partial charge in [-0.25, -0.2) is 0 Å². The molecule has 4 heteroatoms. The largest absolute Gasteiger partial charge is 0.504 e. The lowest BCUT2D eigenvalue weighted by Crippen LogP contribution is -2.76. The Morgan fingerprint density at radius 2 is 2.08 bits per heavy atom. The van der Waals surface area contributed by atoms with Crippen LogP contribution < -0.4 is 4.74 Å². The first-order valence-electron chi connectivity index (χ1n) is 10.0. The average Bonchev–Trinajstić information content (AvgIpc) is 3.32. The van der Waals surface area contributed by atoms with E-state index in [0.717, 1.165) is 50.3 Å². The molecule has 5 aliphatic rings. The second-order valence-electron chi connectivity index (χ2n) is 9.31. The van der Waals surface area contributed by atoms with Crippen LogP contribution in [0.2, 0.25) is 0 Å². The first-order chi connectivity index (χ1) is 12.0. The summed E-state index contributed by atoms with van der Waals surface area (Å²) >= 11 is 0. The van der Waals surface area contributed by atoms with E-state index in [4.69, 9.17) is 4.74 Å². The van der Waals surface area contributed by atoms with Crippen LogP contribution in [-0.4, -0.2) is 45.9 Å².